The van der Waals surface area contributed by atoms with Crippen LogP contribution in [0.25, 0.3) is 89.7 Å². The van der Waals surface area contributed by atoms with Gasteiger partial charge in [-0.2, -0.15) is 0 Å². The van der Waals surface area contributed by atoms with Crippen LogP contribution in [0.5, 0.6) is 46.0 Å². The van der Waals surface area contributed by atoms with Crippen LogP contribution in [-0.4, -0.2) is 104 Å². The maximum Gasteiger partial charge on any atom is 2.00 e. The summed E-state index contributed by atoms with van der Waals surface area (Å²) < 4.78 is 26.1. The maximum atomic E-state index is 12.0. The number of piperazine rings is 2. The molecule has 2 saturated heterocycles. The van der Waals surface area contributed by atoms with E-state index in [0.717, 1.165) is 48.7 Å². The van der Waals surface area contributed by atoms with Crippen molar-refractivity contribution in [1.82, 2.24) is 49.7 Å². The maximum absolute atomic E-state index is 12.0. The van der Waals surface area contributed by atoms with Crippen molar-refractivity contribution in [3.8, 4) is 91.5 Å². The van der Waals surface area contributed by atoms with E-state index in [9.17, 15) is 9.59 Å². The first-order chi connectivity index (χ1) is 42.9. The first kappa shape index (κ1) is 56.3. The monoisotopic (exact) mass is 1220 g/mol. The zero-order valence-electron chi connectivity index (χ0n) is 49.3. The van der Waals surface area contributed by atoms with Crippen molar-refractivity contribution < 1.29 is 48.0 Å². The smallest absolute Gasteiger partial charge is 0.457 e. The van der Waals surface area contributed by atoms with Crippen molar-refractivity contribution in [3.63, 3.8) is 0 Å². The van der Waals surface area contributed by atoms with Crippen molar-refractivity contribution in [1.29, 1.82) is 0 Å². The van der Waals surface area contributed by atoms with Crippen molar-refractivity contribution in [3.05, 3.63) is 181 Å². The number of carbonyl (C=O) groups is 2. The van der Waals surface area contributed by atoms with Crippen molar-refractivity contribution in [2.45, 2.75) is 27.7 Å². The molecule has 8 aromatic carbocycles. The minimum absolute atomic E-state index is 0. The average Bonchev–Trinajstić information content (AvgIpc) is 1.69. The van der Waals surface area contributed by atoms with Gasteiger partial charge >= 0.3 is 19.5 Å². The van der Waals surface area contributed by atoms with E-state index in [0.29, 0.717) is 162 Å². The third kappa shape index (κ3) is 11.3. The van der Waals surface area contributed by atoms with Crippen LogP contribution in [0.4, 0.5) is 11.4 Å². The molecule has 11 aromatic rings. The number of benzene rings is 8. The molecule has 4 aliphatic rings. The largest absolute Gasteiger partial charge is 2.00 e. The van der Waals surface area contributed by atoms with Gasteiger partial charge in [-0.1, -0.05) is 24.3 Å². The third-order valence-electron chi connectivity index (χ3n) is 16.4. The minimum Gasteiger partial charge on any atom is -0.457 e. The second-order valence-electron chi connectivity index (χ2n) is 22.3. The van der Waals surface area contributed by atoms with Gasteiger partial charge in [-0.25, -0.2) is 9.97 Å². The third-order valence-corrected chi connectivity index (χ3v) is 16.4. The standard InChI is InChI=1S/C70H56N12O6.Zn/c1-41-7-5-9-49(35-41)87-53-21-25-57-61(39-53)70-76-65(57)74-68-59-37-51(85-47-15-11-45(12-16-47)81-31-27-79(28-32-81)43(3)83)19-23-55(59)63(72-68)71-67-60-38-52(86-48-17-13-46(14-18-48)82-33-29-80(30-34-82)44(4)84)20-24-56(60)64(73-67)75-69-62-40-54(22-26-58(62)66(77-69)78-70)88-50-10-6-8-42(2)36-50;/h5-26,35-40H,27-34H2,1-4H3;/q-2;+2. The number of nitrogens with zero attached hydrogens (tertiary/aromatic N) is 12. The molecule has 2 amide bonds. The first-order valence-corrected chi connectivity index (χ1v) is 29.3. The molecular formula is C70H56N12O6Zn. The molecule has 4 aliphatic heterocycles. The van der Waals surface area contributed by atoms with Gasteiger partial charge in [0, 0.05) is 122 Å². The summed E-state index contributed by atoms with van der Waals surface area (Å²) in [6.07, 6.45) is 0. The molecule has 19 heteroatoms. The fraction of sp³-hybridized carbons (Fsp3) is 0.171. The second kappa shape index (κ2) is 23.3. The van der Waals surface area contributed by atoms with Gasteiger partial charge in [-0.15, -0.1) is 0 Å². The van der Waals surface area contributed by atoms with Gasteiger partial charge in [0.25, 0.3) is 0 Å². The number of aromatic nitrogens is 8. The molecule has 8 bridgehead atoms. The molecule has 0 atom stereocenters. The molecule has 0 spiro atoms. The predicted molar refractivity (Wildman–Crippen MR) is 338 cm³/mol. The summed E-state index contributed by atoms with van der Waals surface area (Å²) in [5.74, 6) is 6.62. The number of carbonyl (C=O) groups excluding carboxylic acids is 2. The predicted octanol–water partition coefficient (Wildman–Crippen LogP) is 13.2. The second-order valence-corrected chi connectivity index (χ2v) is 22.3. The Labute approximate surface area is 524 Å². The van der Waals surface area contributed by atoms with E-state index >= 15 is 0 Å². The van der Waals surface area contributed by atoms with Crippen LogP contribution in [0.15, 0.2) is 170 Å². The summed E-state index contributed by atoms with van der Waals surface area (Å²) in [6, 6.07) is 54.8. The Morgan fingerprint density at radius 2 is 0.674 bits per heavy atom. The van der Waals surface area contributed by atoms with Crippen molar-refractivity contribution in [2.24, 2.45) is 0 Å². The first-order valence-electron chi connectivity index (χ1n) is 29.3. The van der Waals surface area contributed by atoms with Gasteiger partial charge < -0.3 is 68.5 Å². The Bertz CT molecular complexity index is 4790. The Morgan fingerprint density at radius 1 is 0.348 bits per heavy atom. The molecule has 15 rings (SSSR count). The van der Waals surface area contributed by atoms with E-state index < -0.39 is 0 Å². The molecule has 0 unspecified atom stereocenters. The minimum atomic E-state index is 0. The van der Waals surface area contributed by atoms with Gasteiger partial charge in [0.15, 0.2) is 0 Å². The van der Waals surface area contributed by atoms with Crippen LogP contribution in [0.1, 0.15) is 25.0 Å². The number of ether oxygens (including phenoxy) is 4. The molecule has 2 fully saturated rings. The molecule has 434 valence electrons. The van der Waals surface area contributed by atoms with E-state index in [-0.39, 0.29) is 31.3 Å². The Morgan fingerprint density at radius 3 is 1.06 bits per heavy atom. The number of hydrogen-bond donors (Lipinski definition) is 0. The van der Waals surface area contributed by atoms with Gasteiger partial charge in [-0.3, -0.25) is 9.59 Å². The van der Waals surface area contributed by atoms with E-state index in [1.807, 2.05) is 194 Å². The van der Waals surface area contributed by atoms with Crippen LogP contribution < -0.4 is 38.7 Å². The fourth-order valence-electron chi connectivity index (χ4n) is 11.7. The molecule has 3 aromatic heterocycles. The molecule has 0 aliphatic carbocycles. The molecule has 0 radical (unpaired) electrons. The Kier molecular flexibility index (Phi) is 14.7. The zero-order chi connectivity index (χ0) is 59.6. The summed E-state index contributed by atoms with van der Waals surface area (Å²) in [5.41, 5.74) is 8.47. The van der Waals surface area contributed by atoms with Crippen molar-refractivity contribution >= 4 is 67.3 Å². The van der Waals surface area contributed by atoms with Crippen LogP contribution in [0.3, 0.4) is 0 Å². The quantitative estimate of drug-likeness (QED) is 0.117. The Balaban J connectivity index is 0.00000694. The van der Waals surface area contributed by atoms with Gasteiger partial charge in [-0.05, 0) is 192 Å². The fourth-order valence-corrected chi connectivity index (χ4v) is 11.7. The number of aryl methyl sites for hydroxylation is 2. The number of amides is 2. The Hall–Kier alpha value is -10.5. The number of anilines is 2. The summed E-state index contributed by atoms with van der Waals surface area (Å²) >= 11 is 0. The summed E-state index contributed by atoms with van der Waals surface area (Å²) in [5, 5.41) is 2.76. The van der Waals surface area contributed by atoms with Crippen LogP contribution in [0.2, 0.25) is 0 Å². The number of rotatable bonds is 10. The topological polar surface area (TPSA) is 190 Å². The van der Waals surface area contributed by atoms with E-state index in [1.165, 1.54) is 0 Å². The summed E-state index contributed by atoms with van der Waals surface area (Å²) in [6.45, 7) is 13.0. The number of hydrogen-bond acceptors (Lipinski definition) is 14. The summed E-state index contributed by atoms with van der Waals surface area (Å²) in [4.78, 5) is 74.2. The van der Waals surface area contributed by atoms with Crippen LogP contribution in [-0.2, 0) is 29.1 Å². The van der Waals surface area contributed by atoms with E-state index in [4.69, 9.17) is 58.8 Å². The molecular weight excluding hydrogens is 1170 g/mol. The van der Waals surface area contributed by atoms with E-state index in [2.05, 4.69) is 9.80 Å². The van der Waals surface area contributed by atoms with Crippen LogP contribution in [0, 0.1) is 13.8 Å². The SMILES string of the molecule is CC(=O)N1CCN(c2ccc(Oc3ccc4c(c3)-c3nc-4nc4[n-]c(nc5nc(nc6[n-]c(n3)c3ccc(Oc7ccc(N8CCN(C(C)=O)CC8)cc7)cc63)-c3ccc(Oc6cccc(C)c6)cc3-5)c3ccc(Oc5cccc(C)c5)cc43)cc2)CC1.[Zn+2]. The van der Waals surface area contributed by atoms with Gasteiger partial charge in [0.2, 0.25) is 11.8 Å². The number of fused-ring (bicyclic) bond motifs is 20. The molecule has 7 heterocycles. The van der Waals surface area contributed by atoms with E-state index in [1.54, 1.807) is 13.8 Å². The molecule has 18 nitrogen and oxygen atoms in total. The molecule has 0 N–H and O–H groups in total. The normalized spacial score (nSPS) is 13.6. The van der Waals surface area contributed by atoms with Crippen LogP contribution >= 0.6 is 0 Å². The summed E-state index contributed by atoms with van der Waals surface area (Å²) in [7, 11) is 0. The molecule has 89 heavy (non-hydrogen) atoms. The van der Waals surface area contributed by atoms with Gasteiger partial charge in [0.1, 0.15) is 46.0 Å². The zero-order valence-corrected chi connectivity index (χ0v) is 52.3. The van der Waals surface area contributed by atoms with Crippen molar-refractivity contribution in [2.75, 3.05) is 62.2 Å². The van der Waals surface area contributed by atoms with Gasteiger partial charge in [0.05, 0.1) is 23.3 Å². The molecule has 0 saturated carbocycles. The average molecular weight is 1230 g/mol.